The van der Waals surface area contributed by atoms with Gasteiger partial charge in [-0.3, -0.25) is 14.4 Å². The maximum atomic E-state index is 13.5. The van der Waals surface area contributed by atoms with E-state index in [0.29, 0.717) is 0 Å². The number of carbonyl (C=O) groups is 4. The standard InChI is InChI=1S/C28H36O11/c1-15(29)35-14-27-19(32)12-13-26(6,34)28(27)22(37-17(3)31)20(25(4,5)39-28)21(36-16(2)30)23(27)38-24(33)18-10-8-7-9-11-18/h7-11,19-23,32,34H,12-14H2,1-6H3. The SMILES string of the molecule is CC(=O)OCC12C(O)CCC(C)(O)C13OC(C)(C)C(C(OC(C)=O)C2OC(=O)c1ccccc1)C3OC(C)=O. The van der Waals surface area contributed by atoms with Crippen molar-refractivity contribution in [3.05, 3.63) is 35.9 Å². The molecule has 1 heterocycles. The highest BCUT2D eigenvalue weighted by Gasteiger charge is 2.86. The second-order valence-corrected chi connectivity index (χ2v) is 11.4. The Hall–Kier alpha value is -3.02. The van der Waals surface area contributed by atoms with Crippen LogP contribution in [-0.2, 0) is 38.1 Å². The largest absolute Gasteiger partial charge is 0.465 e. The summed E-state index contributed by atoms with van der Waals surface area (Å²) in [6.07, 6.45) is -5.46. The van der Waals surface area contributed by atoms with Crippen molar-refractivity contribution < 1.29 is 53.1 Å². The third-order valence-corrected chi connectivity index (χ3v) is 8.46. The molecule has 11 heteroatoms. The lowest BCUT2D eigenvalue weighted by atomic mass is 9.46. The predicted molar refractivity (Wildman–Crippen MR) is 133 cm³/mol. The van der Waals surface area contributed by atoms with Crippen molar-refractivity contribution >= 4 is 23.9 Å². The molecular formula is C28H36O11. The van der Waals surface area contributed by atoms with Crippen LogP contribution >= 0.6 is 0 Å². The molecule has 39 heavy (non-hydrogen) atoms. The molecule has 2 saturated carbocycles. The molecule has 4 rings (SSSR count). The molecule has 2 aliphatic carbocycles. The van der Waals surface area contributed by atoms with Crippen LogP contribution < -0.4 is 0 Å². The number of esters is 4. The van der Waals surface area contributed by atoms with Gasteiger partial charge in [-0.25, -0.2) is 4.79 Å². The van der Waals surface area contributed by atoms with Crippen molar-refractivity contribution in [2.24, 2.45) is 11.3 Å². The van der Waals surface area contributed by atoms with Gasteiger partial charge >= 0.3 is 23.9 Å². The van der Waals surface area contributed by atoms with E-state index < -0.39 is 83.0 Å². The van der Waals surface area contributed by atoms with Crippen LogP contribution in [0.5, 0.6) is 0 Å². The predicted octanol–water partition coefficient (Wildman–Crippen LogP) is 1.71. The van der Waals surface area contributed by atoms with E-state index in [2.05, 4.69) is 0 Å². The monoisotopic (exact) mass is 548 g/mol. The molecule has 0 aromatic heterocycles. The van der Waals surface area contributed by atoms with Crippen LogP contribution in [0.3, 0.4) is 0 Å². The zero-order valence-electron chi connectivity index (χ0n) is 23.0. The van der Waals surface area contributed by atoms with Gasteiger partial charge in [-0.15, -0.1) is 0 Å². The zero-order valence-corrected chi connectivity index (χ0v) is 23.0. The summed E-state index contributed by atoms with van der Waals surface area (Å²) in [5.74, 6) is -3.88. The first kappa shape index (κ1) is 29.0. The van der Waals surface area contributed by atoms with Gasteiger partial charge in [-0.2, -0.15) is 0 Å². The van der Waals surface area contributed by atoms with Gasteiger partial charge in [0.05, 0.1) is 28.8 Å². The summed E-state index contributed by atoms with van der Waals surface area (Å²) in [7, 11) is 0. The number of aliphatic hydroxyl groups is 2. The molecule has 8 unspecified atom stereocenters. The quantitative estimate of drug-likeness (QED) is 0.394. The van der Waals surface area contributed by atoms with Gasteiger partial charge in [-0.1, -0.05) is 18.2 Å². The molecule has 1 aromatic carbocycles. The third-order valence-electron chi connectivity index (χ3n) is 8.46. The summed E-state index contributed by atoms with van der Waals surface area (Å²) in [4.78, 5) is 50.5. The topological polar surface area (TPSA) is 155 Å². The molecule has 3 fully saturated rings. The molecule has 0 amide bonds. The average Bonchev–Trinajstić information content (AvgIpc) is 3.03. The van der Waals surface area contributed by atoms with Gasteiger partial charge in [0, 0.05) is 20.8 Å². The van der Waals surface area contributed by atoms with E-state index in [1.165, 1.54) is 39.8 Å². The van der Waals surface area contributed by atoms with Crippen LogP contribution in [0.1, 0.15) is 64.7 Å². The Labute approximate surface area is 226 Å². The number of ether oxygens (including phenoxy) is 5. The molecule has 0 radical (unpaired) electrons. The average molecular weight is 549 g/mol. The molecule has 3 aliphatic rings. The molecule has 1 aliphatic heterocycles. The lowest BCUT2D eigenvalue weighted by molar-refractivity contribution is -0.348. The van der Waals surface area contributed by atoms with Gasteiger partial charge in [-0.05, 0) is 45.7 Å². The van der Waals surface area contributed by atoms with Crippen molar-refractivity contribution in [1.29, 1.82) is 0 Å². The first-order chi connectivity index (χ1) is 18.1. The zero-order chi connectivity index (χ0) is 29.0. The number of aliphatic hydroxyl groups excluding tert-OH is 1. The Morgan fingerprint density at radius 1 is 0.923 bits per heavy atom. The van der Waals surface area contributed by atoms with Gasteiger partial charge < -0.3 is 33.9 Å². The number of rotatable bonds is 6. The maximum absolute atomic E-state index is 13.5. The van der Waals surface area contributed by atoms with E-state index >= 15 is 0 Å². The third kappa shape index (κ3) is 4.40. The summed E-state index contributed by atoms with van der Waals surface area (Å²) < 4.78 is 29.9. The molecule has 214 valence electrons. The van der Waals surface area contributed by atoms with Crippen molar-refractivity contribution in [2.75, 3.05) is 6.61 Å². The van der Waals surface area contributed by atoms with Crippen LogP contribution in [0.25, 0.3) is 0 Å². The lowest BCUT2D eigenvalue weighted by Gasteiger charge is -2.65. The second-order valence-electron chi connectivity index (χ2n) is 11.4. The number of carbonyl (C=O) groups excluding carboxylic acids is 4. The van der Waals surface area contributed by atoms with Gasteiger partial charge in [0.15, 0.2) is 6.10 Å². The lowest BCUT2D eigenvalue weighted by Crippen LogP contribution is -2.83. The Balaban J connectivity index is 2.04. The van der Waals surface area contributed by atoms with E-state index in [0.717, 1.165) is 0 Å². The van der Waals surface area contributed by atoms with Crippen LogP contribution in [0.2, 0.25) is 0 Å². The molecule has 1 aromatic rings. The summed E-state index contributed by atoms with van der Waals surface area (Å²) in [5, 5.41) is 23.8. The van der Waals surface area contributed by atoms with Crippen LogP contribution in [0, 0.1) is 11.3 Å². The molecular weight excluding hydrogens is 512 g/mol. The Morgan fingerprint density at radius 3 is 2.10 bits per heavy atom. The van der Waals surface area contributed by atoms with E-state index in [-0.39, 0.29) is 18.4 Å². The fourth-order valence-corrected chi connectivity index (χ4v) is 7.09. The fourth-order valence-electron chi connectivity index (χ4n) is 7.09. The summed E-state index contributed by atoms with van der Waals surface area (Å²) in [6, 6.07) is 8.07. The Morgan fingerprint density at radius 2 is 1.54 bits per heavy atom. The van der Waals surface area contributed by atoms with Gasteiger partial charge in [0.25, 0.3) is 0 Å². The number of hydrogen-bond acceptors (Lipinski definition) is 11. The molecule has 11 nitrogen and oxygen atoms in total. The number of hydrogen-bond donors (Lipinski definition) is 2. The van der Waals surface area contributed by atoms with Crippen LogP contribution in [-0.4, -0.2) is 81.9 Å². The van der Waals surface area contributed by atoms with E-state index in [1.54, 1.807) is 32.0 Å². The number of fused-ring (bicyclic) bond motifs is 1. The summed E-state index contributed by atoms with van der Waals surface area (Å²) in [5.41, 5.74) is -6.70. The smallest absolute Gasteiger partial charge is 0.338 e. The van der Waals surface area contributed by atoms with Gasteiger partial charge in [0.1, 0.15) is 29.8 Å². The van der Waals surface area contributed by atoms with Gasteiger partial charge in [0.2, 0.25) is 0 Å². The fraction of sp³-hybridized carbons (Fsp3) is 0.643. The van der Waals surface area contributed by atoms with E-state index in [4.69, 9.17) is 23.7 Å². The summed E-state index contributed by atoms with van der Waals surface area (Å²) in [6.45, 7) is 7.77. The van der Waals surface area contributed by atoms with Crippen molar-refractivity contribution in [3.63, 3.8) is 0 Å². The van der Waals surface area contributed by atoms with Crippen LogP contribution in [0.15, 0.2) is 30.3 Å². The normalized spacial score (nSPS) is 38.2. The minimum Gasteiger partial charge on any atom is -0.465 e. The van der Waals surface area contributed by atoms with Crippen LogP contribution in [0.4, 0.5) is 0 Å². The highest BCUT2D eigenvalue weighted by molar-refractivity contribution is 5.89. The van der Waals surface area contributed by atoms with E-state index in [9.17, 15) is 29.4 Å². The molecule has 2 N–H and O–H groups in total. The van der Waals surface area contributed by atoms with Crippen molar-refractivity contribution in [1.82, 2.24) is 0 Å². The molecule has 2 bridgehead atoms. The van der Waals surface area contributed by atoms with Crippen molar-refractivity contribution in [3.8, 4) is 0 Å². The Bertz CT molecular complexity index is 1150. The summed E-state index contributed by atoms with van der Waals surface area (Å²) >= 11 is 0. The minimum atomic E-state index is -1.94. The Kier molecular flexibility index (Phi) is 7.33. The van der Waals surface area contributed by atoms with Crippen molar-refractivity contribution in [2.45, 2.75) is 95.6 Å². The van der Waals surface area contributed by atoms with E-state index in [1.807, 2.05) is 0 Å². The first-order valence-corrected chi connectivity index (χ1v) is 12.9. The highest BCUT2D eigenvalue weighted by Crippen LogP contribution is 2.68. The second kappa shape index (κ2) is 9.87. The molecule has 8 atom stereocenters. The molecule has 1 spiro atoms. The number of benzene rings is 1. The molecule has 1 saturated heterocycles. The maximum Gasteiger partial charge on any atom is 0.338 e. The first-order valence-electron chi connectivity index (χ1n) is 12.9. The minimum absolute atomic E-state index is 0.0105. The highest BCUT2D eigenvalue weighted by atomic mass is 16.6.